The highest BCUT2D eigenvalue weighted by Gasteiger charge is 2.13. The highest BCUT2D eigenvalue weighted by atomic mass is 32.1. The predicted molar refractivity (Wildman–Crippen MR) is 55.0 cm³/mol. The Morgan fingerprint density at radius 2 is 2.21 bits per heavy atom. The van der Waals surface area contributed by atoms with E-state index in [0.29, 0.717) is 12.4 Å². The molecule has 74 valence electrons. The molecule has 0 spiro atoms. The number of aryl methyl sites for hydroxylation is 2. The summed E-state index contributed by atoms with van der Waals surface area (Å²) in [4.78, 5) is 9.43. The monoisotopic (exact) mass is 209 g/mol. The van der Waals surface area contributed by atoms with Crippen molar-refractivity contribution in [3.8, 4) is 10.8 Å². The van der Waals surface area contributed by atoms with Crippen LogP contribution in [-0.4, -0.2) is 9.97 Å². The molecule has 2 heterocycles. The number of thiazole rings is 1. The maximum atomic E-state index is 5.52. The van der Waals surface area contributed by atoms with Crippen molar-refractivity contribution in [1.82, 2.24) is 9.97 Å². The third-order valence-electron chi connectivity index (χ3n) is 2.02. The van der Waals surface area contributed by atoms with E-state index in [-0.39, 0.29) is 0 Å². The molecule has 0 saturated heterocycles. The van der Waals surface area contributed by atoms with Gasteiger partial charge in [0.05, 0.1) is 23.4 Å². The molecule has 2 N–H and O–H groups in total. The lowest BCUT2D eigenvalue weighted by Crippen LogP contribution is -1.95. The first-order valence-corrected chi connectivity index (χ1v) is 5.17. The number of aromatic nitrogens is 2. The van der Waals surface area contributed by atoms with Crippen LogP contribution in [0, 0.1) is 13.8 Å². The summed E-state index contributed by atoms with van der Waals surface area (Å²) in [5.74, 6) is 1.37. The number of nitrogens with two attached hydrogens (primary N) is 1. The second-order valence-electron chi connectivity index (χ2n) is 3.00. The fraction of sp³-hybridized carbons (Fsp3) is 0.333. The lowest BCUT2D eigenvalue weighted by molar-refractivity contribution is 0.519. The van der Waals surface area contributed by atoms with Gasteiger partial charge >= 0.3 is 0 Å². The van der Waals surface area contributed by atoms with Gasteiger partial charge in [-0.3, -0.25) is 0 Å². The van der Waals surface area contributed by atoms with Crippen LogP contribution in [0.2, 0.25) is 0 Å². The number of nitrogens with zero attached hydrogens (tertiary/aromatic N) is 2. The number of oxazole rings is 1. The van der Waals surface area contributed by atoms with Crippen LogP contribution in [0.15, 0.2) is 9.93 Å². The Morgan fingerprint density at radius 3 is 2.71 bits per heavy atom. The van der Waals surface area contributed by atoms with Gasteiger partial charge in [0.15, 0.2) is 0 Å². The van der Waals surface area contributed by atoms with Crippen molar-refractivity contribution in [3.63, 3.8) is 0 Å². The van der Waals surface area contributed by atoms with E-state index in [1.807, 2.05) is 13.8 Å². The van der Waals surface area contributed by atoms with E-state index in [4.69, 9.17) is 10.2 Å². The molecule has 0 radical (unpaired) electrons. The molecule has 0 aliphatic carbocycles. The van der Waals surface area contributed by atoms with Crippen molar-refractivity contribution in [2.24, 2.45) is 5.73 Å². The van der Waals surface area contributed by atoms with Gasteiger partial charge in [0, 0.05) is 0 Å². The van der Waals surface area contributed by atoms with Crippen molar-refractivity contribution < 1.29 is 4.42 Å². The van der Waals surface area contributed by atoms with Gasteiger partial charge < -0.3 is 10.2 Å². The first kappa shape index (κ1) is 9.36. The third kappa shape index (κ3) is 1.44. The van der Waals surface area contributed by atoms with Gasteiger partial charge in [-0.25, -0.2) is 9.97 Å². The van der Waals surface area contributed by atoms with Gasteiger partial charge in [-0.05, 0) is 13.8 Å². The number of hydrogen-bond donors (Lipinski definition) is 1. The topological polar surface area (TPSA) is 64.9 Å². The molecule has 0 atom stereocenters. The molecule has 0 unspecified atom stereocenters. The van der Waals surface area contributed by atoms with Gasteiger partial charge in [-0.2, -0.15) is 0 Å². The highest BCUT2D eigenvalue weighted by molar-refractivity contribution is 7.13. The minimum Gasteiger partial charge on any atom is -0.439 e. The Morgan fingerprint density at radius 1 is 1.43 bits per heavy atom. The predicted octanol–water partition coefficient (Wildman–Crippen LogP) is 1.87. The smallest absolute Gasteiger partial charge is 0.238 e. The summed E-state index contributed by atoms with van der Waals surface area (Å²) in [6.45, 7) is 4.22. The molecule has 2 rings (SSSR count). The summed E-state index contributed by atoms with van der Waals surface area (Å²) in [7, 11) is 0. The quantitative estimate of drug-likeness (QED) is 0.820. The SMILES string of the molecule is Cc1nc(-c2scnc2C)oc1CN. The van der Waals surface area contributed by atoms with Crippen molar-refractivity contribution in [2.75, 3.05) is 0 Å². The fourth-order valence-electron chi connectivity index (χ4n) is 1.22. The molecule has 0 fully saturated rings. The summed E-state index contributed by atoms with van der Waals surface area (Å²) in [6, 6.07) is 0. The Kier molecular flexibility index (Phi) is 2.35. The average molecular weight is 209 g/mol. The fourth-order valence-corrected chi connectivity index (χ4v) is 1.95. The molecule has 0 bridgehead atoms. The van der Waals surface area contributed by atoms with E-state index in [1.165, 1.54) is 11.3 Å². The first-order valence-electron chi connectivity index (χ1n) is 4.29. The minimum absolute atomic E-state index is 0.386. The van der Waals surface area contributed by atoms with Gasteiger partial charge in [0.1, 0.15) is 10.6 Å². The molecule has 14 heavy (non-hydrogen) atoms. The van der Waals surface area contributed by atoms with Gasteiger partial charge in [0.2, 0.25) is 5.89 Å². The van der Waals surface area contributed by atoms with E-state index in [2.05, 4.69) is 9.97 Å². The van der Waals surface area contributed by atoms with Crippen molar-refractivity contribution >= 4 is 11.3 Å². The van der Waals surface area contributed by atoms with Crippen LogP contribution in [0.5, 0.6) is 0 Å². The molecule has 0 saturated carbocycles. The zero-order valence-corrected chi connectivity index (χ0v) is 8.89. The summed E-state index contributed by atoms with van der Waals surface area (Å²) >= 11 is 1.53. The van der Waals surface area contributed by atoms with Crippen molar-refractivity contribution in [1.29, 1.82) is 0 Å². The zero-order chi connectivity index (χ0) is 10.1. The molecule has 5 heteroatoms. The number of rotatable bonds is 2. The molecular weight excluding hydrogens is 198 g/mol. The Bertz CT molecular complexity index is 447. The van der Waals surface area contributed by atoms with Gasteiger partial charge in [-0.1, -0.05) is 0 Å². The Hall–Kier alpha value is -1.20. The summed E-state index contributed by atoms with van der Waals surface area (Å²) in [6.07, 6.45) is 0. The zero-order valence-electron chi connectivity index (χ0n) is 8.07. The van der Waals surface area contributed by atoms with E-state index >= 15 is 0 Å². The molecule has 0 aliphatic heterocycles. The Labute approximate surface area is 85.8 Å². The van der Waals surface area contributed by atoms with Crippen LogP contribution in [0.25, 0.3) is 10.8 Å². The maximum Gasteiger partial charge on any atom is 0.238 e. The molecule has 0 aromatic carbocycles. The molecule has 0 aliphatic rings. The normalized spacial score (nSPS) is 10.8. The second kappa shape index (κ2) is 3.51. The van der Waals surface area contributed by atoms with Crippen LogP contribution >= 0.6 is 11.3 Å². The maximum absolute atomic E-state index is 5.52. The molecular formula is C9H11N3OS. The van der Waals surface area contributed by atoms with Gasteiger partial charge in [0.25, 0.3) is 0 Å². The van der Waals surface area contributed by atoms with Crippen LogP contribution in [0.1, 0.15) is 17.1 Å². The second-order valence-corrected chi connectivity index (χ2v) is 3.85. The molecule has 2 aromatic rings. The average Bonchev–Trinajstić information content (AvgIpc) is 2.71. The third-order valence-corrected chi connectivity index (χ3v) is 2.93. The van der Waals surface area contributed by atoms with Crippen LogP contribution < -0.4 is 5.73 Å². The van der Waals surface area contributed by atoms with Crippen LogP contribution in [0.4, 0.5) is 0 Å². The first-order chi connectivity index (χ1) is 6.72. The van der Waals surface area contributed by atoms with E-state index in [0.717, 1.165) is 22.0 Å². The standard InChI is InChI=1S/C9H11N3OS/c1-5-7(3-10)13-9(12-5)8-6(2)11-4-14-8/h4H,3,10H2,1-2H3. The summed E-state index contributed by atoms with van der Waals surface area (Å²) < 4.78 is 5.52. The van der Waals surface area contributed by atoms with Crippen LogP contribution in [-0.2, 0) is 6.54 Å². The highest BCUT2D eigenvalue weighted by Crippen LogP contribution is 2.27. The van der Waals surface area contributed by atoms with Gasteiger partial charge in [-0.15, -0.1) is 11.3 Å². The van der Waals surface area contributed by atoms with E-state index in [9.17, 15) is 0 Å². The van der Waals surface area contributed by atoms with Crippen molar-refractivity contribution in [3.05, 3.63) is 22.7 Å². The summed E-state index contributed by atoms with van der Waals surface area (Å²) in [5.41, 5.74) is 9.09. The molecule has 0 amide bonds. The number of hydrogen-bond acceptors (Lipinski definition) is 5. The molecule has 2 aromatic heterocycles. The van der Waals surface area contributed by atoms with E-state index < -0.39 is 0 Å². The lowest BCUT2D eigenvalue weighted by Gasteiger charge is -1.90. The molecule has 4 nitrogen and oxygen atoms in total. The van der Waals surface area contributed by atoms with Crippen molar-refractivity contribution in [2.45, 2.75) is 20.4 Å². The summed E-state index contributed by atoms with van der Waals surface area (Å²) in [5, 5.41) is 0. The largest absolute Gasteiger partial charge is 0.439 e. The van der Waals surface area contributed by atoms with E-state index in [1.54, 1.807) is 5.51 Å². The lowest BCUT2D eigenvalue weighted by atomic mass is 10.4. The Balaban J connectivity index is 2.47. The minimum atomic E-state index is 0.386. The van der Waals surface area contributed by atoms with Crippen LogP contribution in [0.3, 0.4) is 0 Å².